The summed E-state index contributed by atoms with van der Waals surface area (Å²) in [5, 5.41) is 0. The van der Waals surface area contributed by atoms with Crippen LogP contribution in [0.2, 0.25) is 0 Å². The first-order chi connectivity index (χ1) is 7.59. The van der Waals surface area contributed by atoms with E-state index in [1.807, 2.05) is 38.1 Å². The largest absolute Gasteiger partial charge is 0.0626 e. The van der Waals surface area contributed by atoms with Crippen LogP contribution in [0.1, 0.15) is 13.9 Å². The van der Waals surface area contributed by atoms with Crippen molar-refractivity contribution in [3.63, 3.8) is 0 Å². The second-order valence-electron chi connectivity index (χ2n) is 3.43. The Hall–Kier alpha value is -1.56. The topological polar surface area (TPSA) is 0 Å². The Morgan fingerprint density at radius 1 is 1.00 bits per heavy atom. The third-order valence-electron chi connectivity index (χ3n) is 2.55. The Bertz CT molecular complexity index is 513. The van der Waals surface area contributed by atoms with Crippen molar-refractivity contribution >= 4 is 0 Å². The van der Waals surface area contributed by atoms with Gasteiger partial charge in [0.05, 0.1) is 2.74 Å². The van der Waals surface area contributed by atoms with Crippen molar-refractivity contribution in [2.45, 2.75) is 13.8 Å². The van der Waals surface area contributed by atoms with Crippen LogP contribution in [-0.2, 0) is 0 Å². The van der Waals surface area contributed by atoms with Gasteiger partial charge in [0.2, 0.25) is 0 Å². The maximum absolute atomic E-state index is 7.72. The van der Waals surface area contributed by atoms with Gasteiger partial charge in [0.1, 0.15) is 0 Å². The summed E-state index contributed by atoms with van der Waals surface area (Å²) in [6, 6.07) is 12.4. The van der Waals surface area contributed by atoms with Gasteiger partial charge in [0.15, 0.2) is 0 Å². The molecule has 0 saturated heterocycles. The van der Waals surface area contributed by atoms with Gasteiger partial charge in [-0.2, -0.15) is 0 Å². The second kappa shape index (κ2) is 3.67. The van der Waals surface area contributed by atoms with Crippen LogP contribution >= 0.6 is 0 Å². The van der Waals surface area contributed by atoms with E-state index in [1.54, 1.807) is 12.1 Å². The summed E-state index contributed by atoms with van der Waals surface area (Å²) in [4.78, 5) is 0. The molecule has 0 heterocycles. The van der Waals surface area contributed by atoms with Crippen molar-refractivity contribution in [2.24, 2.45) is 0 Å². The summed E-state index contributed by atoms with van der Waals surface area (Å²) < 4.78 is 15.2. The molecule has 0 unspecified atom stereocenters. The van der Waals surface area contributed by atoms with Crippen LogP contribution < -0.4 is 0 Å². The lowest BCUT2D eigenvalue weighted by Crippen LogP contribution is -1.85. The molecule has 0 nitrogen and oxygen atoms in total. The van der Waals surface area contributed by atoms with E-state index in [1.165, 1.54) is 0 Å². The van der Waals surface area contributed by atoms with Gasteiger partial charge in [-0.3, -0.25) is 0 Å². The smallest absolute Gasteiger partial charge is 0.0622 e. The SMILES string of the molecule is [2H]c1ccc(-c2ccc([2H])c(C)c2C)cc1. The maximum atomic E-state index is 7.72. The molecule has 0 aliphatic heterocycles. The fourth-order valence-electron chi connectivity index (χ4n) is 1.56. The minimum Gasteiger partial charge on any atom is -0.0622 e. The first-order valence-electron chi connectivity index (χ1n) is 5.73. The van der Waals surface area contributed by atoms with E-state index in [0.29, 0.717) is 12.1 Å². The number of rotatable bonds is 1. The average Bonchev–Trinajstić information content (AvgIpc) is 2.28. The average molecular weight is 184 g/mol. The molecular weight excluding hydrogens is 168 g/mol. The van der Waals surface area contributed by atoms with Crippen molar-refractivity contribution < 1.29 is 2.74 Å². The highest BCUT2D eigenvalue weighted by Crippen LogP contribution is 2.24. The molecule has 2 aromatic carbocycles. The summed E-state index contributed by atoms with van der Waals surface area (Å²) in [7, 11) is 0. The van der Waals surface area contributed by atoms with Gasteiger partial charge in [-0.25, -0.2) is 0 Å². The Labute approximate surface area is 88.0 Å². The van der Waals surface area contributed by atoms with Gasteiger partial charge >= 0.3 is 0 Å². The molecule has 14 heavy (non-hydrogen) atoms. The highest BCUT2D eigenvalue weighted by Gasteiger charge is 2.01. The van der Waals surface area contributed by atoms with Gasteiger partial charge < -0.3 is 0 Å². The van der Waals surface area contributed by atoms with Crippen molar-refractivity contribution in [3.05, 3.63) is 59.6 Å². The fourth-order valence-corrected chi connectivity index (χ4v) is 1.56. The van der Waals surface area contributed by atoms with Crippen molar-refractivity contribution in [2.75, 3.05) is 0 Å². The monoisotopic (exact) mass is 184 g/mol. The molecule has 2 aromatic rings. The van der Waals surface area contributed by atoms with E-state index < -0.39 is 0 Å². The number of hydrogen-bond donors (Lipinski definition) is 0. The van der Waals surface area contributed by atoms with Crippen LogP contribution in [0, 0.1) is 13.8 Å². The van der Waals surface area contributed by atoms with E-state index in [0.717, 1.165) is 22.3 Å². The molecular formula is C14H14. The molecule has 0 fully saturated rings. The van der Waals surface area contributed by atoms with Gasteiger partial charge in [-0.1, -0.05) is 48.5 Å². The third kappa shape index (κ3) is 1.56. The van der Waals surface area contributed by atoms with Crippen LogP contribution in [-0.4, -0.2) is 0 Å². The molecule has 0 N–H and O–H groups in total. The van der Waals surface area contributed by atoms with Crippen molar-refractivity contribution in [1.82, 2.24) is 0 Å². The van der Waals surface area contributed by atoms with Gasteiger partial charge in [-0.05, 0) is 36.1 Å². The summed E-state index contributed by atoms with van der Waals surface area (Å²) in [5.41, 5.74) is 4.42. The summed E-state index contributed by atoms with van der Waals surface area (Å²) >= 11 is 0. The van der Waals surface area contributed by atoms with E-state index >= 15 is 0 Å². The van der Waals surface area contributed by atoms with E-state index in [4.69, 9.17) is 2.74 Å². The van der Waals surface area contributed by atoms with Crippen LogP contribution in [0.5, 0.6) is 0 Å². The Morgan fingerprint density at radius 3 is 2.43 bits per heavy atom. The van der Waals surface area contributed by atoms with Crippen LogP contribution in [0.15, 0.2) is 48.5 Å². The first-order valence-corrected chi connectivity index (χ1v) is 4.73. The minimum atomic E-state index is 0.523. The Morgan fingerprint density at radius 2 is 1.71 bits per heavy atom. The summed E-state index contributed by atoms with van der Waals surface area (Å²) in [6.07, 6.45) is 0. The number of benzene rings is 2. The highest BCUT2D eigenvalue weighted by atomic mass is 14.1. The first kappa shape index (κ1) is 6.83. The molecule has 0 heteroatoms. The van der Waals surface area contributed by atoms with Crippen molar-refractivity contribution in [1.29, 1.82) is 0 Å². The molecule has 0 spiro atoms. The van der Waals surface area contributed by atoms with Gasteiger partial charge in [-0.15, -0.1) is 0 Å². The molecule has 0 atom stereocenters. The minimum absolute atomic E-state index is 0.523. The zero-order chi connectivity index (χ0) is 11.7. The lowest BCUT2D eigenvalue weighted by molar-refractivity contribution is 1.34. The highest BCUT2D eigenvalue weighted by molar-refractivity contribution is 5.68. The zero-order valence-electron chi connectivity index (χ0n) is 10.5. The Balaban J connectivity index is 2.57. The van der Waals surface area contributed by atoms with Crippen molar-refractivity contribution in [3.8, 4) is 11.1 Å². The second-order valence-corrected chi connectivity index (χ2v) is 3.43. The van der Waals surface area contributed by atoms with E-state index in [9.17, 15) is 0 Å². The van der Waals surface area contributed by atoms with E-state index in [-0.39, 0.29) is 0 Å². The predicted molar refractivity (Wildman–Crippen MR) is 61.4 cm³/mol. The van der Waals surface area contributed by atoms with Crippen LogP contribution in [0.4, 0.5) is 0 Å². The molecule has 0 amide bonds. The standard InChI is InChI=1S/C14H14/c1-11-7-6-10-14(12(11)2)13-8-4-3-5-9-13/h3-10H,1-2H3/i3D,7D. The van der Waals surface area contributed by atoms with Crippen LogP contribution in [0.25, 0.3) is 11.1 Å². The quantitative estimate of drug-likeness (QED) is 0.629. The molecule has 0 bridgehead atoms. The maximum Gasteiger partial charge on any atom is 0.0626 e. The molecule has 0 aliphatic rings. The van der Waals surface area contributed by atoms with E-state index in [2.05, 4.69) is 0 Å². The lowest BCUT2D eigenvalue weighted by Gasteiger charge is -2.07. The number of hydrogen-bond acceptors (Lipinski definition) is 0. The van der Waals surface area contributed by atoms with Gasteiger partial charge in [0, 0.05) is 0 Å². The third-order valence-corrected chi connectivity index (χ3v) is 2.55. The van der Waals surface area contributed by atoms with Crippen LogP contribution in [0.3, 0.4) is 0 Å². The molecule has 0 aliphatic carbocycles. The molecule has 0 saturated carbocycles. The fraction of sp³-hybridized carbons (Fsp3) is 0.143. The molecule has 0 aromatic heterocycles. The summed E-state index contributed by atoms with van der Waals surface area (Å²) in [6.45, 7) is 4.01. The molecule has 70 valence electrons. The lowest BCUT2D eigenvalue weighted by atomic mass is 9.97. The molecule has 2 rings (SSSR count). The normalized spacial score (nSPS) is 12.1. The molecule has 0 radical (unpaired) electrons. The summed E-state index contributed by atoms with van der Waals surface area (Å²) in [5.74, 6) is 0. The predicted octanol–water partition coefficient (Wildman–Crippen LogP) is 3.97. The zero-order valence-corrected chi connectivity index (χ0v) is 8.46. The Kier molecular flexibility index (Phi) is 1.79. The van der Waals surface area contributed by atoms with Gasteiger partial charge in [0.25, 0.3) is 0 Å².